The second-order valence-corrected chi connectivity index (χ2v) is 4.35. The molecule has 0 unspecified atom stereocenters. The van der Waals surface area contributed by atoms with Crippen molar-refractivity contribution in [2.75, 3.05) is 20.1 Å². The molecule has 0 saturated carbocycles. The molecule has 0 radical (unpaired) electrons. The highest BCUT2D eigenvalue weighted by Crippen LogP contribution is 2.25. The van der Waals surface area contributed by atoms with Gasteiger partial charge < -0.3 is 10.0 Å². The first kappa shape index (κ1) is 11.1. The van der Waals surface area contributed by atoms with Gasteiger partial charge in [-0.15, -0.1) is 0 Å². The summed E-state index contributed by atoms with van der Waals surface area (Å²) in [6, 6.07) is 3.49. The Hall–Kier alpha value is -1.42. The van der Waals surface area contributed by atoms with Gasteiger partial charge in [-0.25, -0.2) is 4.79 Å². The summed E-state index contributed by atoms with van der Waals surface area (Å²) in [4.78, 5) is 17.2. The van der Waals surface area contributed by atoms with Crippen LogP contribution >= 0.6 is 0 Å². The number of hydrogen-bond acceptors (Lipinski definition) is 3. The van der Waals surface area contributed by atoms with E-state index in [2.05, 4.69) is 16.9 Å². The van der Waals surface area contributed by atoms with Crippen LogP contribution in [0.1, 0.15) is 34.8 Å². The number of pyridine rings is 1. The summed E-state index contributed by atoms with van der Waals surface area (Å²) in [7, 11) is 2.12. The van der Waals surface area contributed by atoms with Crippen molar-refractivity contribution in [1.29, 1.82) is 0 Å². The SMILES string of the molecule is CN1CCC(c2ccc(C(=O)O)cn2)CC1. The Morgan fingerprint density at radius 3 is 2.62 bits per heavy atom. The molecule has 1 aliphatic rings. The predicted octanol–water partition coefficient (Wildman–Crippen LogP) is 1.59. The zero-order chi connectivity index (χ0) is 11.5. The van der Waals surface area contributed by atoms with Crippen LogP contribution in [-0.4, -0.2) is 41.1 Å². The number of nitrogens with zero attached hydrogens (tertiary/aromatic N) is 2. The molecule has 4 heteroatoms. The number of carboxylic acids is 1. The van der Waals surface area contributed by atoms with Gasteiger partial charge in [-0.1, -0.05) is 0 Å². The molecule has 86 valence electrons. The minimum atomic E-state index is -0.914. The normalized spacial score (nSPS) is 18.6. The summed E-state index contributed by atoms with van der Waals surface area (Å²) in [5, 5.41) is 8.77. The monoisotopic (exact) mass is 220 g/mol. The van der Waals surface area contributed by atoms with Gasteiger partial charge in [-0.05, 0) is 45.1 Å². The van der Waals surface area contributed by atoms with Crippen molar-refractivity contribution < 1.29 is 9.90 Å². The first-order chi connectivity index (χ1) is 7.66. The van der Waals surface area contributed by atoms with Gasteiger partial charge in [-0.2, -0.15) is 0 Å². The Bertz CT molecular complexity index is 367. The van der Waals surface area contributed by atoms with Crippen molar-refractivity contribution in [1.82, 2.24) is 9.88 Å². The van der Waals surface area contributed by atoms with E-state index in [1.54, 1.807) is 6.07 Å². The number of carbonyl (C=O) groups is 1. The molecule has 1 saturated heterocycles. The zero-order valence-corrected chi connectivity index (χ0v) is 9.39. The molecule has 0 bridgehead atoms. The Kier molecular flexibility index (Phi) is 3.19. The topological polar surface area (TPSA) is 53.4 Å². The Morgan fingerprint density at radius 2 is 2.12 bits per heavy atom. The van der Waals surface area contributed by atoms with Gasteiger partial charge in [0.1, 0.15) is 0 Å². The summed E-state index contributed by atoms with van der Waals surface area (Å²) < 4.78 is 0. The summed E-state index contributed by atoms with van der Waals surface area (Å²) in [6.07, 6.45) is 3.67. The minimum Gasteiger partial charge on any atom is -0.478 e. The fourth-order valence-electron chi connectivity index (χ4n) is 2.08. The van der Waals surface area contributed by atoms with Crippen LogP contribution in [0.15, 0.2) is 18.3 Å². The van der Waals surface area contributed by atoms with E-state index in [0.29, 0.717) is 5.92 Å². The van der Waals surface area contributed by atoms with Crippen LogP contribution in [0.2, 0.25) is 0 Å². The number of carboxylic acid groups (broad SMARTS) is 1. The number of likely N-dealkylation sites (tertiary alicyclic amines) is 1. The molecule has 2 rings (SSSR count). The van der Waals surface area contributed by atoms with Crippen molar-refractivity contribution in [2.24, 2.45) is 0 Å². The van der Waals surface area contributed by atoms with Crippen molar-refractivity contribution in [2.45, 2.75) is 18.8 Å². The third-order valence-electron chi connectivity index (χ3n) is 3.17. The molecule has 1 aromatic heterocycles. The van der Waals surface area contributed by atoms with Gasteiger partial charge in [-0.3, -0.25) is 4.98 Å². The largest absolute Gasteiger partial charge is 0.478 e. The number of piperidine rings is 1. The molecule has 1 aliphatic heterocycles. The Morgan fingerprint density at radius 1 is 1.44 bits per heavy atom. The molecular formula is C12H16N2O2. The second-order valence-electron chi connectivity index (χ2n) is 4.35. The molecule has 2 heterocycles. The quantitative estimate of drug-likeness (QED) is 0.822. The molecule has 1 fully saturated rings. The van der Waals surface area contributed by atoms with E-state index in [0.717, 1.165) is 31.6 Å². The van der Waals surface area contributed by atoms with Crippen molar-refractivity contribution in [3.63, 3.8) is 0 Å². The van der Waals surface area contributed by atoms with E-state index in [9.17, 15) is 4.79 Å². The van der Waals surface area contributed by atoms with Gasteiger partial charge in [0.25, 0.3) is 0 Å². The lowest BCUT2D eigenvalue weighted by Gasteiger charge is -2.28. The molecule has 0 aliphatic carbocycles. The molecular weight excluding hydrogens is 204 g/mol. The molecule has 16 heavy (non-hydrogen) atoms. The standard InChI is InChI=1S/C12H16N2O2/c1-14-6-4-9(5-7-14)11-3-2-10(8-13-11)12(15)16/h2-3,8-9H,4-7H2,1H3,(H,15,16). The average Bonchev–Trinajstić information content (AvgIpc) is 2.30. The van der Waals surface area contributed by atoms with E-state index in [4.69, 9.17) is 5.11 Å². The minimum absolute atomic E-state index is 0.261. The van der Waals surface area contributed by atoms with Crippen molar-refractivity contribution >= 4 is 5.97 Å². The maximum atomic E-state index is 10.7. The molecule has 1 aromatic rings. The lowest BCUT2D eigenvalue weighted by Crippen LogP contribution is -2.29. The van der Waals surface area contributed by atoms with E-state index in [1.807, 2.05) is 6.07 Å². The van der Waals surface area contributed by atoms with E-state index >= 15 is 0 Å². The van der Waals surface area contributed by atoms with Crippen LogP contribution in [0.25, 0.3) is 0 Å². The number of aromatic nitrogens is 1. The van der Waals surface area contributed by atoms with Crippen molar-refractivity contribution in [3.05, 3.63) is 29.6 Å². The average molecular weight is 220 g/mol. The Balaban J connectivity index is 2.07. The zero-order valence-electron chi connectivity index (χ0n) is 9.39. The highest BCUT2D eigenvalue weighted by Gasteiger charge is 2.19. The fourth-order valence-corrected chi connectivity index (χ4v) is 2.08. The molecule has 0 spiro atoms. The number of aromatic carboxylic acids is 1. The van der Waals surface area contributed by atoms with E-state index < -0.39 is 5.97 Å². The van der Waals surface area contributed by atoms with Gasteiger partial charge in [0.2, 0.25) is 0 Å². The van der Waals surface area contributed by atoms with Crippen LogP contribution in [-0.2, 0) is 0 Å². The summed E-state index contributed by atoms with van der Waals surface area (Å²) in [5.74, 6) is -0.429. The fraction of sp³-hybridized carbons (Fsp3) is 0.500. The summed E-state index contributed by atoms with van der Waals surface area (Å²) in [6.45, 7) is 2.18. The molecule has 0 atom stereocenters. The van der Waals surface area contributed by atoms with Crippen LogP contribution < -0.4 is 0 Å². The molecule has 1 N–H and O–H groups in total. The Labute approximate surface area is 94.9 Å². The maximum absolute atomic E-state index is 10.7. The summed E-state index contributed by atoms with van der Waals surface area (Å²) in [5.41, 5.74) is 1.29. The third-order valence-corrected chi connectivity index (χ3v) is 3.17. The first-order valence-electron chi connectivity index (χ1n) is 5.54. The number of rotatable bonds is 2. The summed E-state index contributed by atoms with van der Waals surface area (Å²) >= 11 is 0. The maximum Gasteiger partial charge on any atom is 0.337 e. The van der Waals surface area contributed by atoms with Gasteiger partial charge in [0.15, 0.2) is 0 Å². The van der Waals surface area contributed by atoms with Gasteiger partial charge in [0.05, 0.1) is 5.56 Å². The van der Waals surface area contributed by atoms with Crippen LogP contribution in [0.4, 0.5) is 0 Å². The molecule has 0 amide bonds. The third kappa shape index (κ3) is 2.39. The highest BCUT2D eigenvalue weighted by atomic mass is 16.4. The van der Waals surface area contributed by atoms with Crippen LogP contribution in [0, 0.1) is 0 Å². The molecule has 4 nitrogen and oxygen atoms in total. The van der Waals surface area contributed by atoms with Crippen molar-refractivity contribution in [3.8, 4) is 0 Å². The predicted molar refractivity (Wildman–Crippen MR) is 60.7 cm³/mol. The highest BCUT2D eigenvalue weighted by molar-refractivity contribution is 5.87. The second kappa shape index (κ2) is 4.61. The number of hydrogen-bond donors (Lipinski definition) is 1. The van der Waals surface area contributed by atoms with Gasteiger partial charge >= 0.3 is 5.97 Å². The lowest BCUT2D eigenvalue weighted by molar-refractivity contribution is 0.0696. The van der Waals surface area contributed by atoms with E-state index in [1.165, 1.54) is 6.20 Å². The molecule has 0 aromatic carbocycles. The van der Waals surface area contributed by atoms with Crippen LogP contribution in [0.5, 0.6) is 0 Å². The van der Waals surface area contributed by atoms with Gasteiger partial charge in [0, 0.05) is 17.8 Å². The smallest absolute Gasteiger partial charge is 0.337 e. The lowest BCUT2D eigenvalue weighted by atomic mass is 9.93. The van der Waals surface area contributed by atoms with E-state index in [-0.39, 0.29) is 5.56 Å². The first-order valence-corrected chi connectivity index (χ1v) is 5.54. The van der Waals surface area contributed by atoms with Crippen LogP contribution in [0.3, 0.4) is 0 Å².